The van der Waals surface area contributed by atoms with Crippen LogP contribution in [-0.4, -0.2) is 38.1 Å². The number of hydrogen-bond donors (Lipinski definition) is 1. The van der Waals surface area contributed by atoms with E-state index in [2.05, 4.69) is 30.8 Å². The average Bonchev–Trinajstić information content (AvgIpc) is 2.09. The summed E-state index contributed by atoms with van der Waals surface area (Å²) >= 11 is 0. The molecular formula is C10H22N2. The molecule has 12 heavy (non-hydrogen) atoms. The molecule has 0 unspecified atom stereocenters. The molecule has 0 saturated carbocycles. The highest BCUT2D eigenvalue weighted by Gasteiger charge is 1.94. The maximum absolute atomic E-state index is 3.65. The third kappa shape index (κ3) is 7.76. The van der Waals surface area contributed by atoms with Crippen LogP contribution in [0.1, 0.15) is 19.8 Å². The van der Waals surface area contributed by atoms with Crippen molar-refractivity contribution in [2.75, 3.05) is 33.2 Å². The van der Waals surface area contributed by atoms with Crippen LogP contribution in [0.4, 0.5) is 0 Å². The summed E-state index contributed by atoms with van der Waals surface area (Å²) < 4.78 is 0. The molecule has 2 nitrogen and oxygen atoms in total. The summed E-state index contributed by atoms with van der Waals surface area (Å²) in [5.41, 5.74) is 0. The van der Waals surface area contributed by atoms with Gasteiger partial charge in [0.05, 0.1) is 0 Å². The number of hydrogen-bond acceptors (Lipinski definition) is 2. The minimum absolute atomic E-state index is 0.918. The summed E-state index contributed by atoms with van der Waals surface area (Å²) in [7, 11) is 2.17. The molecule has 2 heteroatoms. The lowest BCUT2D eigenvalue weighted by Gasteiger charge is -2.15. The Bertz CT molecular complexity index is 102. The van der Waals surface area contributed by atoms with E-state index in [4.69, 9.17) is 0 Å². The van der Waals surface area contributed by atoms with Gasteiger partial charge in [-0.05, 0) is 20.0 Å². The first-order chi connectivity index (χ1) is 5.81. The van der Waals surface area contributed by atoms with Gasteiger partial charge in [-0.25, -0.2) is 0 Å². The Morgan fingerprint density at radius 1 is 1.42 bits per heavy atom. The van der Waals surface area contributed by atoms with E-state index in [-0.39, 0.29) is 0 Å². The van der Waals surface area contributed by atoms with Crippen LogP contribution in [0.2, 0.25) is 0 Å². The van der Waals surface area contributed by atoms with Crippen molar-refractivity contribution in [2.24, 2.45) is 0 Å². The first kappa shape index (κ1) is 11.7. The molecule has 1 N–H and O–H groups in total. The second-order valence-electron chi connectivity index (χ2n) is 3.15. The number of rotatable bonds is 8. The Morgan fingerprint density at radius 2 is 2.17 bits per heavy atom. The first-order valence-electron chi connectivity index (χ1n) is 4.81. The smallest absolute Gasteiger partial charge is 0.0132 e. The molecule has 0 aliphatic carbocycles. The zero-order chi connectivity index (χ0) is 9.23. The maximum atomic E-state index is 3.65. The summed E-state index contributed by atoms with van der Waals surface area (Å²) in [5, 5.41) is 3.28. The van der Waals surface area contributed by atoms with E-state index in [0.717, 1.165) is 19.6 Å². The van der Waals surface area contributed by atoms with E-state index in [1.54, 1.807) is 0 Å². The standard InChI is InChI=1S/C10H22N2/c1-4-6-9-12(3)10-8-11-7-5-2/h5,11H,2,4,6-10H2,1,3H3. The Morgan fingerprint density at radius 3 is 2.75 bits per heavy atom. The van der Waals surface area contributed by atoms with Crippen LogP contribution >= 0.6 is 0 Å². The quantitative estimate of drug-likeness (QED) is 0.438. The summed E-state index contributed by atoms with van der Waals surface area (Å²) in [5.74, 6) is 0. The third-order valence-corrected chi connectivity index (χ3v) is 1.85. The van der Waals surface area contributed by atoms with E-state index < -0.39 is 0 Å². The van der Waals surface area contributed by atoms with Crippen molar-refractivity contribution in [1.29, 1.82) is 0 Å². The molecule has 0 fully saturated rings. The second-order valence-corrected chi connectivity index (χ2v) is 3.15. The van der Waals surface area contributed by atoms with Gasteiger partial charge in [0.15, 0.2) is 0 Å². The molecule has 72 valence electrons. The highest BCUT2D eigenvalue weighted by molar-refractivity contribution is 4.69. The minimum Gasteiger partial charge on any atom is -0.312 e. The molecule has 0 aromatic heterocycles. The molecule has 0 radical (unpaired) electrons. The van der Waals surface area contributed by atoms with E-state index in [9.17, 15) is 0 Å². The van der Waals surface area contributed by atoms with E-state index in [1.807, 2.05) is 6.08 Å². The largest absolute Gasteiger partial charge is 0.312 e. The molecule has 0 aromatic carbocycles. The van der Waals surface area contributed by atoms with Crippen LogP contribution in [-0.2, 0) is 0 Å². The number of nitrogens with one attached hydrogen (secondary N) is 1. The highest BCUT2D eigenvalue weighted by atomic mass is 15.1. The van der Waals surface area contributed by atoms with Crippen LogP contribution in [0.25, 0.3) is 0 Å². The fourth-order valence-corrected chi connectivity index (χ4v) is 1.01. The SMILES string of the molecule is C=CCNCCN(C)CCCC. The fourth-order valence-electron chi connectivity index (χ4n) is 1.01. The first-order valence-corrected chi connectivity index (χ1v) is 4.81. The van der Waals surface area contributed by atoms with Crippen LogP contribution < -0.4 is 5.32 Å². The molecule has 0 aromatic rings. The van der Waals surface area contributed by atoms with Crippen molar-refractivity contribution in [3.05, 3.63) is 12.7 Å². The van der Waals surface area contributed by atoms with Crippen molar-refractivity contribution < 1.29 is 0 Å². The van der Waals surface area contributed by atoms with Gasteiger partial charge in [-0.1, -0.05) is 19.4 Å². The van der Waals surface area contributed by atoms with Crippen LogP contribution in [0.15, 0.2) is 12.7 Å². The summed E-state index contributed by atoms with van der Waals surface area (Å²) in [4.78, 5) is 2.36. The van der Waals surface area contributed by atoms with E-state index >= 15 is 0 Å². The van der Waals surface area contributed by atoms with Gasteiger partial charge in [0.25, 0.3) is 0 Å². The number of likely N-dealkylation sites (N-methyl/N-ethyl adjacent to an activating group) is 1. The minimum atomic E-state index is 0.918. The van der Waals surface area contributed by atoms with Crippen LogP contribution in [0, 0.1) is 0 Å². The summed E-state index contributed by atoms with van der Waals surface area (Å²) in [6, 6.07) is 0. The van der Waals surface area contributed by atoms with Crippen LogP contribution in [0.3, 0.4) is 0 Å². The normalized spacial score (nSPS) is 10.6. The molecule has 0 atom stereocenters. The predicted molar refractivity (Wildman–Crippen MR) is 55.5 cm³/mol. The van der Waals surface area contributed by atoms with Gasteiger partial charge in [-0.15, -0.1) is 6.58 Å². The molecule has 0 bridgehead atoms. The molecule has 0 aliphatic heterocycles. The van der Waals surface area contributed by atoms with Crippen molar-refractivity contribution in [3.8, 4) is 0 Å². The lowest BCUT2D eigenvalue weighted by atomic mass is 10.3. The van der Waals surface area contributed by atoms with Gasteiger partial charge in [-0.3, -0.25) is 0 Å². The number of unbranched alkanes of at least 4 members (excludes halogenated alkanes) is 1. The molecule has 0 spiro atoms. The maximum Gasteiger partial charge on any atom is 0.0132 e. The lowest BCUT2D eigenvalue weighted by Crippen LogP contribution is -2.29. The predicted octanol–water partition coefficient (Wildman–Crippen LogP) is 1.49. The molecule has 0 aliphatic rings. The Balaban J connectivity index is 3.07. The Labute approximate surface area is 76.6 Å². The topological polar surface area (TPSA) is 15.3 Å². The third-order valence-electron chi connectivity index (χ3n) is 1.85. The van der Waals surface area contributed by atoms with Gasteiger partial charge in [0.1, 0.15) is 0 Å². The molecular weight excluding hydrogens is 148 g/mol. The van der Waals surface area contributed by atoms with Gasteiger partial charge in [0, 0.05) is 19.6 Å². The van der Waals surface area contributed by atoms with Crippen molar-refractivity contribution in [2.45, 2.75) is 19.8 Å². The lowest BCUT2D eigenvalue weighted by molar-refractivity contribution is 0.328. The van der Waals surface area contributed by atoms with Crippen molar-refractivity contribution >= 4 is 0 Å². The zero-order valence-corrected chi connectivity index (χ0v) is 8.47. The van der Waals surface area contributed by atoms with Crippen molar-refractivity contribution in [3.63, 3.8) is 0 Å². The molecule has 0 amide bonds. The molecule has 0 rings (SSSR count). The van der Waals surface area contributed by atoms with Gasteiger partial charge >= 0.3 is 0 Å². The van der Waals surface area contributed by atoms with Gasteiger partial charge in [0.2, 0.25) is 0 Å². The van der Waals surface area contributed by atoms with Gasteiger partial charge in [-0.2, -0.15) is 0 Å². The van der Waals surface area contributed by atoms with E-state index in [1.165, 1.54) is 19.4 Å². The monoisotopic (exact) mass is 170 g/mol. The highest BCUT2D eigenvalue weighted by Crippen LogP contribution is 1.89. The van der Waals surface area contributed by atoms with Gasteiger partial charge < -0.3 is 10.2 Å². The van der Waals surface area contributed by atoms with Crippen molar-refractivity contribution in [1.82, 2.24) is 10.2 Å². The fraction of sp³-hybridized carbons (Fsp3) is 0.800. The number of nitrogens with zero attached hydrogens (tertiary/aromatic N) is 1. The Kier molecular flexibility index (Phi) is 8.51. The summed E-state index contributed by atoms with van der Waals surface area (Å²) in [6.07, 6.45) is 4.48. The summed E-state index contributed by atoms with van der Waals surface area (Å²) in [6.45, 7) is 10.2. The zero-order valence-electron chi connectivity index (χ0n) is 8.47. The molecule has 0 heterocycles. The van der Waals surface area contributed by atoms with E-state index in [0.29, 0.717) is 0 Å². The molecule has 0 saturated heterocycles. The van der Waals surface area contributed by atoms with Crippen LogP contribution in [0.5, 0.6) is 0 Å². The second kappa shape index (κ2) is 8.75. The Hall–Kier alpha value is -0.340. The average molecular weight is 170 g/mol.